The van der Waals surface area contributed by atoms with E-state index in [1.165, 1.54) is 31.0 Å². The molecule has 1 unspecified atom stereocenters. The normalized spacial score (nSPS) is 12.1. The fraction of sp³-hybridized carbons (Fsp3) is 0.318. The smallest absolute Gasteiger partial charge is 0.337 e. The maximum absolute atomic E-state index is 13.6. The van der Waals surface area contributed by atoms with Crippen LogP contribution in [0.3, 0.4) is 0 Å². The monoisotopic (exact) mass is 430 g/mol. The van der Waals surface area contributed by atoms with E-state index in [0.29, 0.717) is 41.2 Å². The molecule has 158 valence electrons. The van der Waals surface area contributed by atoms with Crippen LogP contribution in [0.4, 0.5) is 4.39 Å². The van der Waals surface area contributed by atoms with Crippen LogP contribution in [0.15, 0.2) is 52.4 Å². The van der Waals surface area contributed by atoms with E-state index in [-0.39, 0.29) is 16.6 Å². The highest BCUT2D eigenvalue weighted by Crippen LogP contribution is 2.34. The molecule has 0 amide bonds. The molecule has 3 aromatic rings. The molecule has 1 heterocycles. The maximum atomic E-state index is 13.6. The van der Waals surface area contributed by atoms with Crippen LogP contribution in [0.2, 0.25) is 0 Å². The Morgan fingerprint density at radius 3 is 2.73 bits per heavy atom. The fourth-order valence-electron chi connectivity index (χ4n) is 3.09. The number of thioether (sulfide) groups is 1. The zero-order valence-corrected chi connectivity index (χ0v) is 17.9. The minimum absolute atomic E-state index is 0.137. The van der Waals surface area contributed by atoms with E-state index in [0.717, 1.165) is 5.56 Å². The Hall–Kier alpha value is -2.71. The molecule has 3 rings (SSSR count). The number of hydrogen-bond donors (Lipinski definition) is 0. The van der Waals surface area contributed by atoms with Crippen molar-refractivity contribution in [3.8, 4) is 0 Å². The van der Waals surface area contributed by atoms with Crippen molar-refractivity contribution in [2.24, 2.45) is 0 Å². The fourth-order valence-corrected chi connectivity index (χ4v) is 4.14. The second-order valence-corrected chi connectivity index (χ2v) is 8.04. The van der Waals surface area contributed by atoms with Gasteiger partial charge in [0, 0.05) is 25.5 Å². The van der Waals surface area contributed by atoms with E-state index in [2.05, 4.69) is 4.98 Å². The number of carbonyl (C=O) groups excluding carboxylic acids is 1. The lowest BCUT2D eigenvalue weighted by molar-refractivity contribution is 0.0601. The van der Waals surface area contributed by atoms with Crippen LogP contribution in [0.25, 0.3) is 10.9 Å². The highest BCUT2D eigenvalue weighted by Gasteiger charge is 2.17. The van der Waals surface area contributed by atoms with Gasteiger partial charge in [-0.3, -0.25) is 9.36 Å². The lowest BCUT2D eigenvalue weighted by Crippen LogP contribution is -2.24. The van der Waals surface area contributed by atoms with E-state index in [1.807, 2.05) is 13.0 Å². The Bertz CT molecular complexity index is 1120. The number of aromatic nitrogens is 2. The van der Waals surface area contributed by atoms with Gasteiger partial charge in [-0.15, -0.1) is 0 Å². The predicted molar refractivity (Wildman–Crippen MR) is 115 cm³/mol. The van der Waals surface area contributed by atoms with Gasteiger partial charge in [-0.1, -0.05) is 23.9 Å². The summed E-state index contributed by atoms with van der Waals surface area (Å²) in [5.74, 6) is -0.808. The van der Waals surface area contributed by atoms with Gasteiger partial charge >= 0.3 is 5.97 Å². The standard InChI is InChI=1S/C22H23FN2O4S/c1-14(15-6-4-7-17(23)12-15)30-22-24-19-13-16(21(27)29-3)8-9-18(19)20(26)25(22)10-5-11-28-2/h4,6-9,12-14H,5,10-11H2,1-3H3. The van der Waals surface area contributed by atoms with E-state index >= 15 is 0 Å². The van der Waals surface area contributed by atoms with Gasteiger partial charge in [-0.05, 0) is 49.2 Å². The van der Waals surface area contributed by atoms with Crippen molar-refractivity contribution >= 4 is 28.6 Å². The van der Waals surface area contributed by atoms with Crippen LogP contribution in [0, 0.1) is 5.82 Å². The summed E-state index contributed by atoms with van der Waals surface area (Å²) in [7, 11) is 2.91. The molecule has 0 bridgehead atoms. The summed E-state index contributed by atoms with van der Waals surface area (Å²) in [6.07, 6.45) is 0.645. The third kappa shape index (κ3) is 4.88. The van der Waals surface area contributed by atoms with E-state index in [4.69, 9.17) is 9.47 Å². The Morgan fingerprint density at radius 2 is 2.03 bits per heavy atom. The molecule has 0 fully saturated rings. The topological polar surface area (TPSA) is 70.4 Å². The Morgan fingerprint density at radius 1 is 1.23 bits per heavy atom. The molecular weight excluding hydrogens is 407 g/mol. The first-order valence-electron chi connectivity index (χ1n) is 9.48. The first kappa shape index (κ1) is 22.0. The summed E-state index contributed by atoms with van der Waals surface area (Å²) in [5, 5.41) is 0.785. The van der Waals surface area contributed by atoms with E-state index in [9.17, 15) is 14.0 Å². The molecule has 0 saturated heterocycles. The van der Waals surface area contributed by atoms with Crippen molar-refractivity contribution in [1.82, 2.24) is 9.55 Å². The molecule has 0 aliphatic carbocycles. The molecule has 6 nitrogen and oxygen atoms in total. The molecule has 30 heavy (non-hydrogen) atoms. The molecular formula is C22H23FN2O4S. The Balaban J connectivity index is 2.06. The second-order valence-electron chi connectivity index (χ2n) is 6.74. The van der Waals surface area contributed by atoms with Gasteiger partial charge < -0.3 is 9.47 Å². The van der Waals surface area contributed by atoms with Crippen molar-refractivity contribution in [1.29, 1.82) is 0 Å². The Kier molecular flexibility index (Phi) is 7.23. The lowest BCUT2D eigenvalue weighted by atomic mass is 10.1. The summed E-state index contributed by atoms with van der Waals surface area (Å²) >= 11 is 1.37. The first-order valence-corrected chi connectivity index (χ1v) is 10.4. The molecule has 0 spiro atoms. The predicted octanol–water partition coefficient (Wildman–Crippen LogP) is 4.21. The molecule has 0 aliphatic rings. The minimum Gasteiger partial charge on any atom is -0.465 e. The van der Waals surface area contributed by atoms with E-state index in [1.54, 1.807) is 35.9 Å². The summed E-state index contributed by atoms with van der Waals surface area (Å²) in [6.45, 7) is 2.88. The van der Waals surface area contributed by atoms with Crippen molar-refractivity contribution in [3.63, 3.8) is 0 Å². The van der Waals surface area contributed by atoms with Crippen LogP contribution in [-0.2, 0) is 16.0 Å². The molecule has 0 radical (unpaired) electrons. The highest BCUT2D eigenvalue weighted by molar-refractivity contribution is 7.99. The SMILES string of the molecule is COCCCn1c(SC(C)c2cccc(F)c2)nc2cc(C(=O)OC)ccc2c1=O. The van der Waals surface area contributed by atoms with Crippen LogP contribution in [0.1, 0.15) is 34.5 Å². The second kappa shape index (κ2) is 9.86. The van der Waals surface area contributed by atoms with Crippen LogP contribution in [-0.4, -0.2) is 36.3 Å². The third-order valence-electron chi connectivity index (χ3n) is 4.67. The van der Waals surface area contributed by atoms with Crippen LogP contribution >= 0.6 is 11.8 Å². The molecule has 2 aromatic carbocycles. The lowest BCUT2D eigenvalue weighted by Gasteiger charge is -2.17. The molecule has 1 atom stereocenters. The zero-order chi connectivity index (χ0) is 21.7. The molecule has 0 saturated carbocycles. The van der Waals surface area contributed by atoms with Gasteiger partial charge in [0.15, 0.2) is 5.16 Å². The van der Waals surface area contributed by atoms with Crippen molar-refractivity contribution in [2.45, 2.75) is 30.3 Å². The van der Waals surface area contributed by atoms with Gasteiger partial charge in [-0.2, -0.15) is 0 Å². The number of nitrogens with zero attached hydrogens (tertiary/aromatic N) is 2. The molecule has 0 N–H and O–H groups in total. The van der Waals surface area contributed by atoms with Crippen molar-refractivity contribution in [2.75, 3.05) is 20.8 Å². The molecule has 8 heteroatoms. The number of halogens is 1. The van der Waals surface area contributed by atoms with Gasteiger partial charge in [0.1, 0.15) is 5.82 Å². The van der Waals surface area contributed by atoms with Crippen LogP contribution in [0.5, 0.6) is 0 Å². The Labute approximate surface area is 178 Å². The van der Waals surface area contributed by atoms with Gasteiger partial charge in [-0.25, -0.2) is 14.2 Å². The summed E-state index contributed by atoms with van der Waals surface area (Å²) in [6, 6.07) is 11.1. The average molecular weight is 431 g/mol. The number of esters is 1. The minimum atomic E-state index is -0.495. The number of fused-ring (bicyclic) bond motifs is 1. The van der Waals surface area contributed by atoms with Crippen molar-refractivity contribution in [3.05, 3.63) is 69.8 Å². The van der Waals surface area contributed by atoms with Gasteiger partial charge in [0.2, 0.25) is 0 Å². The molecule has 1 aromatic heterocycles. The number of ether oxygens (including phenoxy) is 2. The van der Waals surface area contributed by atoms with Gasteiger partial charge in [0.05, 0.1) is 23.6 Å². The number of methoxy groups -OCH3 is 2. The number of rotatable bonds is 8. The van der Waals surface area contributed by atoms with Crippen LogP contribution < -0.4 is 5.56 Å². The first-order chi connectivity index (χ1) is 14.4. The maximum Gasteiger partial charge on any atom is 0.337 e. The molecule has 0 aliphatic heterocycles. The largest absolute Gasteiger partial charge is 0.465 e. The number of hydrogen-bond acceptors (Lipinski definition) is 6. The summed E-state index contributed by atoms with van der Waals surface area (Å²) < 4.78 is 25.1. The highest BCUT2D eigenvalue weighted by atomic mass is 32.2. The number of carbonyl (C=O) groups is 1. The van der Waals surface area contributed by atoms with Crippen molar-refractivity contribution < 1.29 is 18.7 Å². The quantitative estimate of drug-likeness (QED) is 0.231. The summed E-state index contributed by atoms with van der Waals surface area (Å²) in [5.41, 5.74) is 1.34. The number of benzene rings is 2. The zero-order valence-electron chi connectivity index (χ0n) is 17.1. The van der Waals surface area contributed by atoms with E-state index < -0.39 is 5.97 Å². The van der Waals surface area contributed by atoms with Gasteiger partial charge in [0.25, 0.3) is 5.56 Å². The average Bonchev–Trinajstić information content (AvgIpc) is 2.75. The third-order valence-corrected chi connectivity index (χ3v) is 5.82. The summed E-state index contributed by atoms with van der Waals surface area (Å²) in [4.78, 5) is 29.7.